The van der Waals surface area contributed by atoms with Crippen molar-refractivity contribution in [3.63, 3.8) is 0 Å². The van der Waals surface area contributed by atoms with E-state index in [0.717, 1.165) is 21.6 Å². The van der Waals surface area contributed by atoms with Gasteiger partial charge in [-0.3, -0.25) is 20.2 Å². The van der Waals surface area contributed by atoms with Gasteiger partial charge in [0, 0.05) is 12.1 Å². The summed E-state index contributed by atoms with van der Waals surface area (Å²) in [5, 5.41) is 22.8. The highest BCUT2D eigenvalue weighted by atomic mass is 33.1. The van der Waals surface area contributed by atoms with Gasteiger partial charge in [-0.25, -0.2) is 0 Å². The topological polar surface area (TPSA) is 123 Å². The molecule has 28 heavy (non-hydrogen) atoms. The van der Waals surface area contributed by atoms with Crippen LogP contribution in [0, 0.1) is 20.2 Å². The molecule has 0 fully saturated rings. The van der Waals surface area contributed by atoms with Crippen LogP contribution in [0.5, 0.6) is 23.0 Å². The number of rotatable bonds is 9. The lowest BCUT2D eigenvalue weighted by Crippen LogP contribution is -1.97. The fourth-order valence-electron chi connectivity index (χ4n) is 2.21. The van der Waals surface area contributed by atoms with E-state index in [1.165, 1.54) is 52.7 Å². The van der Waals surface area contributed by atoms with E-state index < -0.39 is 9.85 Å². The first-order valence-corrected chi connectivity index (χ1v) is 9.66. The maximum Gasteiger partial charge on any atom is 0.287 e. The van der Waals surface area contributed by atoms with E-state index in [2.05, 4.69) is 0 Å². The van der Waals surface area contributed by atoms with Crippen molar-refractivity contribution in [3.05, 3.63) is 44.5 Å². The molecule has 2 aromatic carbocycles. The zero-order valence-corrected chi connectivity index (χ0v) is 16.9. The molecule has 12 heteroatoms. The van der Waals surface area contributed by atoms with E-state index in [4.69, 9.17) is 18.9 Å². The molecule has 2 aromatic rings. The minimum atomic E-state index is -0.562. The molecule has 0 saturated heterocycles. The Labute approximate surface area is 167 Å². The zero-order chi connectivity index (χ0) is 20.8. The Hall–Kier alpha value is -2.86. The molecule has 0 aliphatic heterocycles. The highest BCUT2D eigenvalue weighted by Crippen LogP contribution is 2.49. The molecule has 0 spiro atoms. The molecule has 2 rings (SSSR count). The number of methoxy groups -OCH3 is 4. The Balaban J connectivity index is 2.45. The second kappa shape index (κ2) is 9.37. The predicted molar refractivity (Wildman–Crippen MR) is 104 cm³/mol. The number of ether oxygens (including phenoxy) is 4. The van der Waals surface area contributed by atoms with E-state index in [-0.39, 0.29) is 32.7 Å². The number of benzene rings is 2. The van der Waals surface area contributed by atoms with Gasteiger partial charge in [0.15, 0.2) is 23.0 Å². The van der Waals surface area contributed by atoms with Crippen LogP contribution >= 0.6 is 21.6 Å². The molecule has 0 saturated carbocycles. The average molecular weight is 428 g/mol. The summed E-state index contributed by atoms with van der Waals surface area (Å²) in [6.07, 6.45) is 0. The first kappa shape index (κ1) is 21.4. The van der Waals surface area contributed by atoms with Crippen LogP contribution in [0.25, 0.3) is 0 Å². The summed E-state index contributed by atoms with van der Waals surface area (Å²) in [6.45, 7) is 0. The van der Waals surface area contributed by atoms with Gasteiger partial charge in [0.2, 0.25) is 0 Å². The van der Waals surface area contributed by atoms with Gasteiger partial charge < -0.3 is 18.9 Å². The molecule has 0 aromatic heterocycles. The molecule has 150 valence electrons. The van der Waals surface area contributed by atoms with Crippen LogP contribution in [0.4, 0.5) is 11.4 Å². The molecule has 0 radical (unpaired) electrons. The fourth-order valence-corrected chi connectivity index (χ4v) is 4.48. The van der Waals surface area contributed by atoms with Crippen LogP contribution in [0.15, 0.2) is 34.1 Å². The number of nitro groups is 2. The number of nitrogens with zero attached hydrogens (tertiary/aromatic N) is 2. The molecule has 0 amide bonds. The summed E-state index contributed by atoms with van der Waals surface area (Å²) in [7, 11) is 7.52. The van der Waals surface area contributed by atoms with Gasteiger partial charge in [-0.2, -0.15) is 0 Å². The van der Waals surface area contributed by atoms with Gasteiger partial charge in [-0.15, -0.1) is 0 Å². The molecule has 0 heterocycles. The number of hydrogen-bond acceptors (Lipinski definition) is 10. The SMILES string of the molecule is COc1cc(SSc2cc(OC)c(OC)cc2[N+](=O)[O-])c([N+](=O)[O-])cc1OC. The summed E-state index contributed by atoms with van der Waals surface area (Å²) in [6, 6.07) is 5.37. The normalized spacial score (nSPS) is 10.3. The molecule has 0 bridgehead atoms. The summed E-state index contributed by atoms with van der Waals surface area (Å²) in [5.74, 6) is 1.03. The molecular formula is C16H16N2O8S2. The van der Waals surface area contributed by atoms with Crippen molar-refractivity contribution in [2.75, 3.05) is 28.4 Å². The van der Waals surface area contributed by atoms with Crippen LogP contribution in [-0.4, -0.2) is 38.3 Å². The van der Waals surface area contributed by atoms with Crippen molar-refractivity contribution >= 4 is 33.0 Å². The summed E-state index contributed by atoms with van der Waals surface area (Å²) < 4.78 is 20.5. The molecule has 0 unspecified atom stereocenters. The van der Waals surface area contributed by atoms with Crippen molar-refractivity contribution in [1.29, 1.82) is 0 Å². The molecule has 0 atom stereocenters. The highest BCUT2D eigenvalue weighted by molar-refractivity contribution is 8.76. The quantitative estimate of drug-likeness (QED) is 0.324. The Morgan fingerprint density at radius 1 is 0.643 bits per heavy atom. The molecule has 0 aliphatic rings. The third-order valence-corrected chi connectivity index (χ3v) is 5.97. The number of nitro benzene ring substituents is 2. The van der Waals surface area contributed by atoms with Crippen LogP contribution in [0.3, 0.4) is 0 Å². The summed E-state index contributed by atoms with van der Waals surface area (Å²) in [4.78, 5) is 22.2. The van der Waals surface area contributed by atoms with Gasteiger partial charge in [0.05, 0.1) is 50.4 Å². The summed E-state index contributed by atoms with van der Waals surface area (Å²) in [5.41, 5.74) is -0.420. The van der Waals surface area contributed by atoms with E-state index >= 15 is 0 Å². The molecule has 10 nitrogen and oxygen atoms in total. The van der Waals surface area contributed by atoms with Crippen molar-refractivity contribution in [1.82, 2.24) is 0 Å². The second-order valence-electron chi connectivity index (χ2n) is 5.03. The Bertz CT molecular complexity index is 833. The largest absolute Gasteiger partial charge is 0.493 e. The Morgan fingerprint density at radius 2 is 0.929 bits per heavy atom. The van der Waals surface area contributed by atoms with Crippen LogP contribution in [-0.2, 0) is 0 Å². The molecule has 0 N–H and O–H groups in total. The van der Waals surface area contributed by atoms with Crippen LogP contribution in [0.1, 0.15) is 0 Å². The average Bonchev–Trinajstić information content (AvgIpc) is 2.70. The minimum absolute atomic E-state index is 0.209. The van der Waals surface area contributed by atoms with Crippen molar-refractivity contribution in [3.8, 4) is 23.0 Å². The maximum absolute atomic E-state index is 11.4. The molecular weight excluding hydrogens is 412 g/mol. The lowest BCUT2D eigenvalue weighted by Gasteiger charge is -2.11. The standard InChI is InChI=1S/C16H16N2O8S2/c1-23-11-5-9(17(19)20)15(7-13(11)25-3)27-28-16-8-14(26-4)12(24-2)6-10(16)18(21)22/h5-8H,1-4H3. The van der Waals surface area contributed by atoms with Gasteiger partial charge in [-0.05, 0) is 21.6 Å². The van der Waals surface area contributed by atoms with E-state index in [1.807, 2.05) is 0 Å². The minimum Gasteiger partial charge on any atom is -0.493 e. The van der Waals surface area contributed by atoms with Crippen molar-refractivity contribution < 1.29 is 28.8 Å². The van der Waals surface area contributed by atoms with E-state index in [1.54, 1.807) is 0 Å². The lowest BCUT2D eigenvalue weighted by molar-refractivity contribution is -0.388. The van der Waals surface area contributed by atoms with Gasteiger partial charge in [0.1, 0.15) is 9.79 Å². The Morgan fingerprint density at radius 3 is 1.18 bits per heavy atom. The van der Waals surface area contributed by atoms with Crippen molar-refractivity contribution in [2.45, 2.75) is 9.79 Å². The van der Waals surface area contributed by atoms with Crippen molar-refractivity contribution in [2.24, 2.45) is 0 Å². The third-order valence-electron chi connectivity index (χ3n) is 3.54. The monoisotopic (exact) mass is 428 g/mol. The number of hydrogen-bond donors (Lipinski definition) is 0. The first-order chi connectivity index (χ1) is 13.4. The molecule has 0 aliphatic carbocycles. The third kappa shape index (κ3) is 4.51. The van der Waals surface area contributed by atoms with Gasteiger partial charge >= 0.3 is 0 Å². The van der Waals surface area contributed by atoms with Crippen LogP contribution in [0.2, 0.25) is 0 Å². The highest BCUT2D eigenvalue weighted by Gasteiger charge is 2.24. The first-order valence-electron chi connectivity index (χ1n) is 7.51. The maximum atomic E-state index is 11.4. The smallest absolute Gasteiger partial charge is 0.287 e. The van der Waals surface area contributed by atoms with Gasteiger partial charge in [0.25, 0.3) is 11.4 Å². The Kier molecular flexibility index (Phi) is 7.18. The van der Waals surface area contributed by atoms with Crippen LogP contribution < -0.4 is 18.9 Å². The lowest BCUT2D eigenvalue weighted by atomic mass is 10.3. The van der Waals surface area contributed by atoms with E-state index in [0.29, 0.717) is 11.5 Å². The zero-order valence-electron chi connectivity index (χ0n) is 15.3. The predicted octanol–water partition coefficient (Wildman–Crippen LogP) is 4.34. The second-order valence-corrected chi connectivity index (χ2v) is 7.24. The van der Waals surface area contributed by atoms with Gasteiger partial charge in [-0.1, -0.05) is 0 Å². The van der Waals surface area contributed by atoms with E-state index in [9.17, 15) is 20.2 Å². The fraction of sp³-hybridized carbons (Fsp3) is 0.250. The summed E-state index contributed by atoms with van der Waals surface area (Å²) >= 11 is 0.